The molecule has 4 nitrogen and oxygen atoms in total. The first kappa shape index (κ1) is 14.1. The maximum Gasteiger partial charge on any atom is 0.251 e. The van der Waals surface area contributed by atoms with Gasteiger partial charge in [0.1, 0.15) is 5.69 Å². The summed E-state index contributed by atoms with van der Waals surface area (Å²) >= 11 is 1.84. The third-order valence-electron chi connectivity index (χ3n) is 3.01. The molecule has 1 saturated heterocycles. The van der Waals surface area contributed by atoms with Crippen molar-refractivity contribution in [2.45, 2.75) is 18.9 Å². The van der Waals surface area contributed by atoms with Crippen LogP contribution in [-0.2, 0) is 0 Å². The van der Waals surface area contributed by atoms with Gasteiger partial charge in [-0.2, -0.15) is 11.8 Å². The molecule has 1 aromatic rings. The van der Waals surface area contributed by atoms with E-state index in [2.05, 4.69) is 5.32 Å². The first-order valence-electron chi connectivity index (χ1n) is 5.96. The summed E-state index contributed by atoms with van der Waals surface area (Å²) < 4.78 is 27.0. The zero-order chi connectivity index (χ0) is 13.8. The van der Waals surface area contributed by atoms with E-state index in [1.165, 1.54) is 0 Å². The van der Waals surface area contributed by atoms with Crippen LogP contribution in [0, 0.1) is 11.6 Å². The summed E-state index contributed by atoms with van der Waals surface area (Å²) in [5.74, 6) is 4.75. The monoisotopic (exact) mass is 287 g/mol. The van der Waals surface area contributed by atoms with Gasteiger partial charge in [-0.05, 0) is 36.5 Å². The van der Waals surface area contributed by atoms with Crippen molar-refractivity contribution in [3.8, 4) is 0 Å². The van der Waals surface area contributed by atoms with E-state index in [1.54, 1.807) is 0 Å². The van der Waals surface area contributed by atoms with Crippen LogP contribution in [0.25, 0.3) is 0 Å². The van der Waals surface area contributed by atoms with E-state index in [0.29, 0.717) is 0 Å². The molecular formula is C12H15F2N3OS. The van der Waals surface area contributed by atoms with Crippen molar-refractivity contribution in [1.82, 2.24) is 5.32 Å². The average Bonchev–Trinajstić information content (AvgIpc) is 2.39. The van der Waals surface area contributed by atoms with Crippen LogP contribution in [0.1, 0.15) is 23.2 Å². The number of hydrazine groups is 1. The van der Waals surface area contributed by atoms with Crippen LogP contribution in [0.5, 0.6) is 0 Å². The molecule has 0 aromatic heterocycles. The molecule has 1 amide bonds. The van der Waals surface area contributed by atoms with Crippen molar-refractivity contribution >= 4 is 23.4 Å². The molecule has 4 N–H and O–H groups in total. The Labute approximate surface area is 114 Å². The minimum atomic E-state index is -0.883. The normalized spacial score (nSPS) is 16.2. The fourth-order valence-electron chi connectivity index (χ4n) is 1.95. The van der Waals surface area contributed by atoms with Crippen LogP contribution >= 0.6 is 11.8 Å². The van der Waals surface area contributed by atoms with Crippen molar-refractivity contribution < 1.29 is 13.6 Å². The molecule has 0 saturated carbocycles. The molecule has 19 heavy (non-hydrogen) atoms. The molecule has 0 radical (unpaired) electrons. The Morgan fingerprint density at radius 2 is 1.84 bits per heavy atom. The molecule has 1 aliphatic heterocycles. The zero-order valence-corrected chi connectivity index (χ0v) is 11.0. The van der Waals surface area contributed by atoms with E-state index in [-0.39, 0.29) is 11.6 Å². The Kier molecular flexibility index (Phi) is 4.60. The summed E-state index contributed by atoms with van der Waals surface area (Å²) in [7, 11) is 0. The van der Waals surface area contributed by atoms with Crippen molar-refractivity contribution in [2.75, 3.05) is 16.9 Å². The molecule has 0 bridgehead atoms. The number of nitrogens with two attached hydrogens (primary N) is 1. The Morgan fingerprint density at radius 1 is 1.26 bits per heavy atom. The van der Waals surface area contributed by atoms with Gasteiger partial charge in [-0.3, -0.25) is 10.6 Å². The van der Waals surface area contributed by atoms with Gasteiger partial charge in [0.05, 0.1) is 0 Å². The molecule has 1 heterocycles. The number of amides is 1. The molecule has 0 aliphatic carbocycles. The lowest BCUT2D eigenvalue weighted by Gasteiger charge is -2.22. The summed E-state index contributed by atoms with van der Waals surface area (Å²) in [6.07, 6.45) is 1.76. The van der Waals surface area contributed by atoms with Crippen LogP contribution in [0.3, 0.4) is 0 Å². The minimum Gasteiger partial charge on any atom is -0.349 e. The lowest BCUT2D eigenvalue weighted by atomic mass is 10.1. The van der Waals surface area contributed by atoms with Gasteiger partial charge in [0.25, 0.3) is 5.91 Å². The standard InChI is InChI=1S/C12H15F2N3OS/c13-9-5-7(6-10(14)11(9)17-15)12(18)16-8-1-3-19-4-2-8/h5-6,8,17H,1-4,15H2,(H,16,18). The highest BCUT2D eigenvalue weighted by Gasteiger charge is 2.19. The van der Waals surface area contributed by atoms with Crippen LogP contribution in [0.15, 0.2) is 12.1 Å². The van der Waals surface area contributed by atoms with Crippen molar-refractivity contribution in [3.63, 3.8) is 0 Å². The molecule has 104 valence electrons. The largest absolute Gasteiger partial charge is 0.349 e. The van der Waals surface area contributed by atoms with Gasteiger partial charge in [-0.15, -0.1) is 0 Å². The number of rotatable bonds is 3. The number of nitrogen functional groups attached to an aromatic ring is 1. The van der Waals surface area contributed by atoms with E-state index >= 15 is 0 Å². The Balaban J connectivity index is 2.10. The number of hydrogen-bond acceptors (Lipinski definition) is 4. The van der Waals surface area contributed by atoms with Gasteiger partial charge in [-0.1, -0.05) is 0 Å². The molecular weight excluding hydrogens is 272 g/mol. The van der Waals surface area contributed by atoms with Gasteiger partial charge in [0.15, 0.2) is 11.6 Å². The van der Waals surface area contributed by atoms with E-state index in [4.69, 9.17) is 5.84 Å². The van der Waals surface area contributed by atoms with Crippen molar-refractivity contribution in [3.05, 3.63) is 29.3 Å². The molecule has 0 spiro atoms. The summed E-state index contributed by atoms with van der Waals surface area (Å²) in [6, 6.07) is 2.03. The zero-order valence-electron chi connectivity index (χ0n) is 10.2. The number of carbonyl (C=O) groups is 1. The van der Waals surface area contributed by atoms with Gasteiger partial charge in [-0.25, -0.2) is 8.78 Å². The highest BCUT2D eigenvalue weighted by atomic mass is 32.2. The van der Waals surface area contributed by atoms with Gasteiger partial charge in [0.2, 0.25) is 0 Å². The van der Waals surface area contributed by atoms with Crippen molar-refractivity contribution in [2.24, 2.45) is 5.84 Å². The number of thioether (sulfide) groups is 1. The highest BCUT2D eigenvalue weighted by Crippen LogP contribution is 2.21. The number of halogens is 2. The molecule has 1 aliphatic rings. The Hall–Kier alpha value is -1.34. The number of anilines is 1. The van der Waals surface area contributed by atoms with Gasteiger partial charge in [0, 0.05) is 11.6 Å². The van der Waals surface area contributed by atoms with E-state index in [0.717, 1.165) is 36.5 Å². The fourth-order valence-corrected chi connectivity index (χ4v) is 3.06. The smallest absolute Gasteiger partial charge is 0.251 e. The topological polar surface area (TPSA) is 67.1 Å². The van der Waals surface area contributed by atoms with Crippen LogP contribution in [0.4, 0.5) is 14.5 Å². The molecule has 0 unspecified atom stereocenters. The van der Waals surface area contributed by atoms with Crippen LogP contribution in [0.2, 0.25) is 0 Å². The Morgan fingerprint density at radius 3 is 2.37 bits per heavy atom. The second-order valence-electron chi connectivity index (χ2n) is 4.32. The number of benzene rings is 1. The summed E-state index contributed by atoms with van der Waals surface area (Å²) in [5.41, 5.74) is 1.45. The van der Waals surface area contributed by atoms with Crippen molar-refractivity contribution in [1.29, 1.82) is 0 Å². The predicted molar refractivity (Wildman–Crippen MR) is 72.0 cm³/mol. The summed E-state index contributed by atoms with van der Waals surface area (Å²) in [4.78, 5) is 11.9. The fraction of sp³-hybridized carbons (Fsp3) is 0.417. The lowest BCUT2D eigenvalue weighted by Crippen LogP contribution is -2.37. The highest BCUT2D eigenvalue weighted by molar-refractivity contribution is 7.99. The molecule has 2 rings (SSSR count). The third kappa shape index (κ3) is 3.36. The average molecular weight is 287 g/mol. The Bertz CT molecular complexity index is 455. The van der Waals surface area contributed by atoms with Gasteiger partial charge < -0.3 is 10.7 Å². The summed E-state index contributed by atoms with van der Waals surface area (Å²) in [5, 5.41) is 2.79. The second-order valence-corrected chi connectivity index (χ2v) is 5.54. The predicted octanol–water partition coefficient (Wildman–Crippen LogP) is 1.88. The van der Waals surface area contributed by atoms with Crippen LogP contribution in [-0.4, -0.2) is 23.5 Å². The first-order valence-corrected chi connectivity index (χ1v) is 7.11. The number of carbonyl (C=O) groups excluding carboxylic acids is 1. The van der Waals surface area contributed by atoms with E-state index in [1.807, 2.05) is 17.2 Å². The lowest BCUT2D eigenvalue weighted by molar-refractivity contribution is 0.0934. The van der Waals surface area contributed by atoms with E-state index in [9.17, 15) is 13.6 Å². The van der Waals surface area contributed by atoms with Crippen LogP contribution < -0.4 is 16.6 Å². The summed E-state index contributed by atoms with van der Waals surface area (Å²) in [6.45, 7) is 0. The second kappa shape index (κ2) is 6.21. The molecule has 1 fully saturated rings. The SMILES string of the molecule is NNc1c(F)cc(C(=O)NC2CCSCC2)cc1F. The molecule has 1 aromatic carbocycles. The molecule has 7 heteroatoms. The van der Waals surface area contributed by atoms with E-state index < -0.39 is 23.2 Å². The maximum atomic E-state index is 13.5. The first-order chi connectivity index (χ1) is 9.11. The molecule has 0 atom stereocenters. The maximum absolute atomic E-state index is 13.5. The third-order valence-corrected chi connectivity index (χ3v) is 4.05. The number of nitrogens with one attached hydrogen (secondary N) is 2. The quantitative estimate of drug-likeness (QED) is 0.586. The minimum absolute atomic E-state index is 0.0350. The number of hydrogen-bond donors (Lipinski definition) is 3. The van der Waals surface area contributed by atoms with Gasteiger partial charge >= 0.3 is 0 Å².